The van der Waals surface area contributed by atoms with Crippen molar-refractivity contribution >= 4 is 46.7 Å². The summed E-state index contributed by atoms with van der Waals surface area (Å²) in [5, 5.41) is 0. The molecule has 0 spiro atoms. The minimum absolute atomic E-state index is 0.346. The van der Waals surface area contributed by atoms with Crippen LogP contribution in [-0.4, -0.2) is 32.9 Å². The molecule has 0 aromatic carbocycles. The van der Waals surface area contributed by atoms with Crippen LogP contribution in [0.2, 0.25) is 0 Å². The van der Waals surface area contributed by atoms with Crippen molar-refractivity contribution in [1.29, 1.82) is 0 Å². The van der Waals surface area contributed by atoms with E-state index in [2.05, 4.69) is 4.98 Å². The molecule has 8 heteroatoms. The number of esters is 2. The first-order valence-corrected chi connectivity index (χ1v) is 7.22. The molecule has 0 saturated carbocycles. The number of nitrogens with one attached hydrogen (secondary N) is 1. The number of carbonyl (C=O) groups is 2. The monoisotopic (exact) mass is 355 g/mol. The average Bonchev–Trinajstić information content (AvgIpc) is 2.76. The molecule has 0 fully saturated rings. The maximum absolute atomic E-state index is 12.2. The number of halogens is 3. The first-order valence-electron chi connectivity index (χ1n) is 6.09. The summed E-state index contributed by atoms with van der Waals surface area (Å²) < 4.78 is 8.34. The third kappa shape index (κ3) is 6.59. The van der Waals surface area contributed by atoms with Gasteiger partial charge in [0.25, 0.3) is 0 Å². The number of aromatic amines is 1. The standard InChI is InChI=1S/C13H16Cl3NO4/c1-12(2,3)21-11(19)9(8-5-4-6-17-8)10(18)20-7-13(14,15)16/h4-6,9,17H,7H2,1-3H3. The van der Waals surface area contributed by atoms with Gasteiger partial charge in [0.2, 0.25) is 3.79 Å². The van der Waals surface area contributed by atoms with Crippen LogP contribution in [0.4, 0.5) is 0 Å². The number of hydrogen-bond acceptors (Lipinski definition) is 4. The lowest BCUT2D eigenvalue weighted by Crippen LogP contribution is -2.33. The van der Waals surface area contributed by atoms with Gasteiger partial charge in [0.15, 0.2) is 5.92 Å². The van der Waals surface area contributed by atoms with E-state index in [9.17, 15) is 9.59 Å². The molecular formula is C13H16Cl3NO4. The predicted molar refractivity (Wildman–Crippen MR) is 80.6 cm³/mol. The largest absolute Gasteiger partial charge is 0.460 e. The zero-order valence-electron chi connectivity index (χ0n) is 11.8. The molecule has 0 saturated heterocycles. The van der Waals surface area contributed by atoms with Crippen molar-refractivity contribution < 1.29 is 19.1 Å². The Balaban J connectivity index is 2.88. The summed E-state index contributed by atoms with van der Waals surface area (Å²) in [7, 11) is 0. The highest BCUT2D eigenvalue weighted by Gasteiger charge is 2.36. The molecule has 0 amide bonds. The zero-order chi connectivity index (χ0) is 16.3. The summed E-state index contributed by atoms with van der Waals surface area (Å²) >= 11 is 16.6. The second-order valence-corrected chi connectivity index (χ2v) is 7.83. The second kappa shape index (κ2) is 6.90. The smallest absolute Gasteiger partial charge is 0.326 e. The molecule has 1 atom stereocenters. The molecule has 0 bridgehead atoms. The van der Waals surface area contributed by atoms with Gasteiger partial charge in [-0.1, -0.05) is 34.8 Å². The first-order chi connectivity index (χ1) is 9.49. The van der Waals surface area contributed by atoms with Gasteiger partial charge >= 0.3 is 11.9 Å². The lowest BCUT2D eigenvalue weighted by Gasteiger charge is -2.23. The van der Waals surface area contributed by atoms with Gasteiger partial charge in [0, 0.05) is 11.9 Å². The molecule has 0 aliphatic heterocycles. The van der Waals surface area contributed by atoms with Crippen molar-refractivity contribution in [3.8, 4) is 0 Å². The fourth-order valence-electron chi connectivity index (χ4n) is 1.47. The second-order valence-electron chi connectivity index (χ2n) is 5.31. The van der Waals surface area contributed by atoms with Gasteiger partial charge in [-0.05, 0) is 32.9 Å². The van der Waals surface area contributed by atoms with Gasteiger partial charge < -0.3 is 14.5 Å². The van der Waals surface area contributed by atoms with Crippen LogP contribution in [0.3, 0.4) is 0 Å². The highest BCUT2D eigenvalue weighted by Crippen LogP contribution is 2.28. The molecule has 1 N–H and O–H groups in total. The maximum atomic E-state index is 12.2. The van der Waals surface area contributed by atoms with Crippen molar-refractivity contribution in [2.24, 2.45) is 0 Å². The molecule has 118 valence electrons. The molecule has 1 unspecified atom stereocenters. The molecule has 21 heavy (non-hydrogen) atoms. The fraction of sp³-hybridized carbons (Fsp3) is 0.538. The highest BCUT2D eigenvalue weighted by molar-refractivity contribution is 6.67. The number of ether oxygens (including phenoxy) is 2. The Bertz CT molecular complexity index is 489. The first kappa shape index (κ1) is 18.1. The van der Waals surface area contributed by atoms with Gasteiger partial charge in [-0.3, -0.25) is 9.59 Å². The third-order valence-corrected chi connectivity index (χ3v) is 2.52. The topological polar surface area (TPSA) is 68.4 Å². The van der Waals surface area contributed by atoms with E-state index in [1.165, 1.54) is 0 Å². The SMILES string of the molecule is CC(C)(C)OC(=O)C(C(=O)OCC(Cl)(Cl)Cl)c1ccc[nH]1. The van der Waals surface area contributed by atoms with Crippen LogP contribution in [0.1, 0.15) is 32.4 Å². The lowest BCUT2D eigenvalue weighted by atomic mass is 10.1. The van der Waals surface area contributed by atoms with E-state index in [-0.39, 0.29) is 0 Å². The summed E-state index contributed by atoms with van der Waals surface area (Å²) in [5.41, 5.74) is -0.393. The van der Waals surface area contributed by atoms with Crippen LogP contribution in [0, 0.1) is 0 Å². The van der Waals surface area contributed by atoms with Crippen LogP contribution in [0.15, 0.2) is 18.3 Å². The van der Waals surface area contributed by atoms with Crippen LogP contribution >= 0.6 is 34.8 Å². The van der Waals surface area contributed by atoms with E-state index in [4.69, 9.17) is 44.3 Å². The van der Waals surface area contributed by atoms with Crippen molar-refractivity contribution in [3.63, 3.8) is 0 Å². The minimum Gasteiger partial charge on any atom is -0.460 e. The highest BCUT2D eigenvalue weighted by atomic mass is 35.6. The molecule has 0 aliphatic carbocycles. The molecule has 0 radical (unpaired) electrons. The molecule has 1 rings (SSSR count). The molecule has 1 aromatic rings. The number of hydrogen-bond donors (Lipinski definition) is 1. The summed E-state index contributed by atoms with van der Waals surface area (Å²) in [6.45, 7) is 4.63. The van der Waals surface area contributed by atoms with E-state index >= 15 is 0 Å². The van der Waals surface area contributed by atoms with Gasteiger partial charge in [-0.25, -0.2) is 0 Å². The van der Waals surface area contributed by atoms with Crippen LogP contribution in [0.25, 0.3) is 0 Å². The number of alkyl halides is 3. The van der Waals surface area contributed by atoms with Gasteiger partial charge in [-0.15, -0.1) is 0 Å². The Hall–Kier alpha value is -0.910. The van der Waals surface area contributed by atoms with Crippen LogP contribution in [-0.2, 0) is 19.1 Å². The molecule has 1 aromatic heterocycles. The van der Waals surface area contributed by atoms with Crippen molar-refractivity contribution in [2.45, 2.75) is 36.1 Å². The average molecular weight is 357 g/mol. The van der Waals surface area contributed by atoms with Crippen LogP contribution in [0.5, 0.6) is 0 Å². The van der Waals surface area contributed by atoms with E-state index in [1.807, 2.05) is 0 Å². The summed E-state index contributed by atoms with van der Waals surface area (Å²) in [6.07, 6.45) is 1.58. The van der Waals surface area contributed by atoms with Gasteiger partial charge in [0.05, 0.1) is 0 Å². The summed E-state index contributed by atoms with van der Waals surface area (Å²) in [4.78, 5) is 27.1. The third-order valence-electron chi connectivity index (χ3n) is 2.19. The normalized spacial score (nSPS) is 13.6. The number of carbonyl (C=O) groups excluding carboxylic acids is 2. The van der Waals surface area contributed by atoms with Gasteiger partial charge in [0.1, 0.15) is 12.2 Å². The van der Waals surface area contributed by atoms with Gasteiger partial charge in [-0.2, -0.15) is 0 Å². The summed E-state index contributed by atoms with van der Waals surface area (Å²) in [6, 6.07) is 3.22. The van der Waals surface area contributed by atoms with E-state index in [0.717, 1.165) is 0 Å². The Morgan fingerprint density at radius 3 is 2.29 bits per heavy atom. The van der Waals surface area contributed by atoms with Crippen molar-refractivity contribution in [1.82, 2.24) is 4.98 Å². The fourth-order valence-corrected chi connectivity index (χ4v) is 1.63. The number of rotatable bonds is 4. The Labute approximate surface area is 137 Å². The number of H-pyrrole nitrogens is 1. The minimum atomic E-state index is -1.75. The van der Waals surface area contributed by atoms with E-state index < -0.39 is 33.9 Å². The summed E-state index contributed by atoms with van der Waals surface area (Å²) in [5.74, 6) is -2.84. The Morgan fingerprint density at radius 2 is 1.86 bits per heavy atom. The maximum Gasteiger partial charge on any atom is 0.326 e. The molecular weight excluding hydrogens is 341 g/mol. The lowest BCUT2D eigenvalue weighted by molar-refractivity contribution is -0.164. The van der Waals surface area contributed by atoms with E-state index in [1.54, 1.807) is 39.1 Å². The quantitative estimate of drug-likeness (QED) is 0.510. The van der Waals surface area contributed by atoms with Crippen LogP contribution < -0.4 is 0 Å². The molecule has 5 nitrogen and oxygen atoms in total. The van der Waals surface area contributed by atoms with Crippen molar-refractivity contribution in [2.75, 3.05) is 6.61 Å². The molecule has 0 aliphatic rings. The Kier molecular flexibility index (Phi) is 5.96. The number of aromatic nitrogens is 1. The zero-order valence-corrected chi connectivity index (χ0v) is 14.1. The van der Waals surface area contributed by atoms with E-state index in [0.29, 0.717) is 5.69 Å². The van der Waals surface area contributed by atoms with Crippen molar-refractivity contribution in [3.05, 3.63) is 24.0 Å². The Morgan fingerprint density at radius 1 is 1.24 bits per heavy atom. The predicted octanol–water partition coefficient (Wildman–Crippen LogP) is 3.35. The molecule has 1 heterocycles.